The van der Waals surface area contributed by atoms with Crippen molar-refractivity contribution in [2.45, 2.75) is 19.8 Å². The van der Waals surface area contributed by atoms with Gasteiger partial charge < -0.3 is 21.4 Å². The molecule has 0 saturated carbocycles. The number of hydrogen-bond donors (Lipinski definition) is 4. The molecular formula is C20H24N4O. The number of rotatable bonds is 6. The third kappa shape index (κ3) is 4.00. The summed E-state index contributed by atoms with van der Waals surface area (Å²) in [4.78, 5) is 15.1. The van der Waals surface area contributed by atoms with Crippen molar-refractivity contribution in [3.05, 3.63) is 65.4 Å². The Bertz CT molecular complexity index is 869. The van der Waals surface area contributed by atoms with Crippen LogP contribution >= 0.6 is 0 Å². The van der Waals surface area contributed by atoms with Crippen LogP contribution in [0.2, 0.25) is 0 Å². The van der Waals surface area contributed by atoms with Crippen molar-refractivity contribution >= 4 is 22.6 Å². The maximum atomic E-state index is 11.8. The lowest BCUT2D eigenvalue weighted by Gasteiger charge is -2.12. The van der Waals surface area contributed by atoms with Gasteiger partial charge in [0.2, 0.25) is 0 Å². The van der Waals surface area contributed by atoms with Gasteiger partial charge in [0, 0.05) is 35.9 Å². The van der Waals surface area contributed by atoms with Crippen LogP contribution < -0.4 is 16.4 Å². The molecule has 25 heavy (non-hydrogen) atoms. The maximum absolute atomic E-state index is 11.8. The zero-order valence-electron chi connectivity index (χ0n) is 14.4. The smallest absolute Gasteiger partial charge is 0.319 e. The quantitative estimate of drug-likeness (QED) is 0.556. The van der Waals surface area contributed by atoms with Crippen molar-refractivity contribution in [3.63, 3.8) is 0 Å². The number of aromatic nitrogens is 1. The summed E-state index contributed by atoms with van der Waals surface area (Å²) in [7, 11) is 0. The fraction of sp³-hybridized carbons (Fsp3) is 0.250. The molecule has 3 aromatic rings. The summed E-state index contributed by atoms with van der Waals surface area (Å²) in [6, 6.07) is 14.2. The van der Waals surface area contributed by atoms with E-state index in [2.05, 4.69) is 53.0 Å². The third-order valence-electron chi connectivity index (χ3n) is 4.33. The predicted molar refractivity (Wildman–Crippen MR) is 103 cm³/mol. The second-order valence-corrected chi connectivity index (χ2v) is 6.04. The van der Waals surface area contributed by atoms with Gasteiger partial charge in [-0.15, -0.1) is 0 Å². The number of carbonyl (C=O) groups is 1. The van der Waals surface area contributed by atoms with Gasteiger partial charge >= 0.3 is 6.03 Å². The molecule has 2 amide bonds. The van der Waals surface area contributed by atoms with Gasteiger partial charge in [-0.3, -0.25) is 0 Å². The number of urea groups is 1. The average Bonchev–Trinajstić information content (AvgIpc) is 3.04. The molecule has 0 fully saturated rings. The second-order valence-electron chi connectivity index (χ2n) is 6.04. The van der Waals surface area contributed by atoms with Crippen LogP contribution in [-0.4, -0.2) is 24.1 Å². The van der Waals surface area contributed by atoms with Crippen molar-refractivity contribution in [2.24, 2.45) is 5.73 Å². The Morgan fingerprint density at radius 3 is 2.76 bits per heavy atom. The van der Waals surface area contributed by atoms with Gasteiger partial charge in [0.1, 0.15) is 0 Å². The standard InChI is InChI=1S/C20H24N4O/c1-2-14-12-17(24-20(25)22-10-9-21)8-7-15(14)11-16-13-23-19-6-4-3-5-18(16)19/h3-8,12-13,23H,2,9-11,21H2,1H3,(H2,22,24,25). The van der Waals surface area contributed by atoms with Crippen LogP contribution in [-0.2, 0) is 12.8 Å². The summed E-state index contributed by atoms with van der Waals surface area (Å²) in [6.07, 6.45) is 3.86. The first-order valence-corrected chi connectivity index (χ1v) is 8.63. The summed E-state index contributed by atoms with van der Waals surface area (Å²) < 4.78 is 0. The Morgan fingerprint density at radius 2 is 1.96 bits per heavy atom. The zero-order chi connectivity index (χ0) is 17.6. The van der Waals surface area contributed by atoms with E-state index in [1.807, 2.05) is 18.2 Å². The SMILES string of the molecule is CCc1cc(NC(=O)NCCN)ccc1Cc1c[nH]c2ccccc12. The van der Waals surface area contributed by atoms with Gasteiger partial charge in [-0.1, -0.05) is 31.2 Å². The van der Waals surface area contributed by atoms with Crippen LogP contribution in [0.4, 0.5) is 10.5 Å². The average molecular weight is 336 g/mol. The molecule has 0 radical (unpaired) electrons. The fourth-order valence-electron chi connectivity index (χ4n) is 3.05. The lowest BCUT2D eigenvalue weighted by atomic mass is 9.97. The molecule has 0 saturated heterocycles. The highest BCUT2D eigenvalue weighted by atomic mass is 16.2. The largest absolute Gasteiger partial charge is 0.361 e. The lowest BCUT2D eigenvalue weighted by Crippen LogP contribution is -2.32. The van der Waals surface area contributed by atoms with Crippen molar-refractivity contribution in [1.29, 1.82) is 0 Å². The summed E-state index contributed by atoms with van der Waals surface area (Å²) in [5, 5.41) is 6.82. The van der Waals surface area contributed by atoms with Gasteiger partial charge in [0.15, 0.2) is 0 Å². The molecule has 0 spiro atoms. The van der Waals surface area contributed by atoms with Crippen LogP contribution in [0.5, 0.6) is 0 Å². The number of aromatic amines is 1. The third-order valence-corrected chi connectivity index (χ3v) is 4.33. The number of amides is 2. The monoisotopic (exact) mass is 336 g/mol. The molecular weight excluding hydrogens is 312 g/mol. The Balaban J connectivity index is 1.79. The summed E-state index contributed by atoms with van der Waals surface area (Å²) in [5.41, 5.74) is 11.2. The molecule has 5 N–H and O–H groups in total. The normalized spacial score (nSPS) is 10.8. The molecule has 0 aliphatic heterocycles. The summed E-state index contributed by atoms with van der Waals surface area (Å²) in [6.45, 7) is 3.02. The Labute approximate surface area is 147 Å². The number of carbonyl (C=O) groups excluding carboxylic acids is 1. The van der Waals surface area contributed by atoms with Gasteiger partial charge in [0.05, 0.1) is 0 Å². The highest BCUT2D eigenvalue weighted by molar-refractivity contribution is 5.89. The van der Waals surface area contributed by atoms with E-state index in [1.54, 1.807) is 0 Å². The molecule has 0 bridgehead atoms. The number of fused-ring (bicyclic) bond motifs is 1. The molecule has 2 aromatic carbocycles. The molecule has 5 nitrogen and oxygen atoms in total. The number of H-pyrrole nitrogens is 1. The van der Waals surface area contributed by atoms with E-state index in [0.717, 1.165) is 24.0 Å². The minimum absolute atomic E-state index is 0.225. The predicted octanol–water partition coefficient (Wildman–Crippen LogP) is 3.40. The van der Waals surface area contributed by atoms with Crippen LogP contribution in [0.25, 0.3) is 10.9 Å². The van der Waals surface area contributed by atoms with Gasteiger partial charge in [0.25, 0.3) is 0 Å². The number of hydrogen-bond acceptors (Lipinski definition) is 2. The minimum atomic E-state index is -0.225. The van der Waals surface area contributed by atoms with E-state index in [4.69, 9.17) is 5.73 Å². The van der Waals surface area contributed by atoms with Crippen molar-refractivity contribution in [1.82, 2.24) is 10.3 Å². The zero-order valence-corrected chi connectivity index (χ0v) is 14.4. The number of para-hydroxylation sites is 1. The first-order valence-electron chi connectivity index (χ1n) is 8.63. The van der Waals surface area contributed by atoms with Crippen LogP contribution in [0.3, 0.4) is 0 Å². The molecule has 1 heterocycles. The van der Waals surface area contributed by atoms with E-state index in [9.17, 15) is 4.79 Å². The van der Waals surface area contributed by atoms with Crippen molar-refractivity contribution in [2.75, 3.05) is 18.4 Å². The van der Waals surface area contributed by atoms with Gasteiger partial charge in [-0.05, 0) is 47.7 Å². The molecule has 0 aliphatic rings. The van der Waals surface area contributed by atoms with Crippen LogP contribution in [0, 0.1) is 0 Å². The molecule has 0 unspecified atom stereocenters. The van der Waals surface area contributed by atoms with Gasteiger partial charge in [-0.25, -0.2) is 4.79 Å². The Morgan fingerprint density at radius 1 is 1.12 bits per heavy atom. The van der Waals surface area contributed by atoms with Gasteiger partial charge in [-0.2, -0.15) is 0 Å². The van der Waals surface area contributed by atoms with Crippen LogP contribution in [0.15, 0.2) is 48.7 Å². The highest BCUT2D eigenvalue weighted by Crippen LogP contribution is 2.24. The van der Waals surface area contributed by atoms with E-state index < -0.39 is 0 Å². The van der Waals surface area contributed by atoms with Crippen molar-refractivity contribution < 1.29 is 4.79 Å². The van der Waals surface area contributed by atoms with E-state index in [0.29, 0.717) is 13.1 Å². The fourth-order valence-corrected chi connectivity index (χ4v) is 3.05. The topological polar surface area (TPSA) is 82.9 Å². The molecule has 0 aliphatic carbocycles. The Hall–Kier alpha value is -2.79. The molecule has 1 aromatic heterocycles. The van der Waals surface area contributed by atoms with Crippen LogP contribution in [0.1, 0.15) is 23.6 Å². The molecule has 130 valence electrons. The maximum Gasteiger partial charge on any atom is 0.319 e. The molecule has 3 rings (SSSR count). The highest BCUT2D eigenvalue weighted by Gasteiger charge is 2.09. The van der Waals surface area contributed by atoms with E-state index >= 15 is 0 Å². The summed E-state index contributed by atoms with van der Waals surface area (Å²) >= 11 is 0. The van der Waals surface area contributed by atoms with E-state index in [-0.39, 0.29) is 6.03 Å². The molecule has 5 heteroatoms. The molecule has 0 atom stereocenters. The lowest BCUT2D eigenvalue weighted by molar-refractivity contribution is 0.252. The minimum Gasteiger partial charge on any atom is -0.361 e. The second kappa shape index (κ2) is 7.85. The first kappa shape index (κ1) is 17.0. The number of aryl methyl sites for hydroxylation is 1. The Kier molecular flexibility index (Phi) is 5.36. The number of anilines is 1. The summed E-state index contributed by atoms with van der Waals surface area (Å²) in [5.74, 6) is 0. The first-order chi connectivity index (χ1) is 12.2. The van der Waals surface area contributed by atoms with Crippen molar-refractivity contribution in [3.8, 4) is 0 Å². The number of nitrogens with two attached hydrogens (primary N) is 1. The van der Waals surface area contributed by atoms with E-state index in [1.165, 1.54) is 22.1 Å². The number of benzene rings is 2. The number of nitrogens with one attached hydrogen (secondary N) is 3.